The molecule has 7 heteroatoms. The molecule has 2 N–H and O–H groups in total. The first-order valence-corrected chi connectivity index (χ1v) is 10.7. The SMILES string of the molecule is CCCOc1ccc(CN=C(NCC)NCc2nc(C(C)C)cs2)cc1OC. The summed E-state index contributed by atoms with van der Waals surface area (Å²) in [5.41, 5.74) is 2.20. The Kier molecular flexibility index (Phi) is 9.07. The van der Waals surface area contributed by atoms with Crippen LogP contribution in [0.25, 0.3) is 0 Å². The molecule has 0 saturated heterocycles. The molecular formula is C21H32N4O2S. The maximum absolute atomic E-state index is 5.71. The molecule has 0 bridgehead atoms. The van der Waals surface area contributed by atoms with Crippen LogP contribution in [-0.2, 0) is 13.1 Å². The second kappa shape index (κ2) is 11.5. The van der Waals surface area contributed by atoms with Gasteiger partial charge in [-0.3, -0.25) is 0 Å². The van der Waals surface area contributed by atoms with Crippen LogP contribution in [0.15, 0.2) is 28.6 Å². The summed E-state index contributed by atoms with van der Waals surface area (Å²) >= 11 is 1.68. The van der Waals surface area contributed by atoms with E-state index in [-0.39, 0.29) is 0 Å². The first-order chi connectivity index (χ1) is 13.6. The van der Waals surface area contributed by atoms with E-state index < -0.39 is 0 Å². The summed E-state index contributed by atoms with van der Waals surface area (Å²) in [6.07, 6.45) is 0.963. The van der Waals surface area contributed by atoms with Gasteiger partial charge in [-0.1, -0.05) is 26.8 Å². The molecule has 0 unspecified atom stereocenters. The molecule has 154 valence electrons. The molecule has 1 heterocycles. The van der Waals surface area contributed by atoms with Crippen molar-refractivity contribution < 1.29 is 9.47 Å². The number of methoxy groups -OCH3 is 1. The Morgan fingerprint density at radius 2 is 2.04 bits per heavy atom. The zero-order valence-electron chi connectivity index (χ0n) is 17.5. The van der Waals surface area contributed by atoms with Crippen LogP contribution in [0.4, 0.5) is 0 Å². The fourth-order valence-electron chi connectivity index (χ4n) is 2.48. The Morgan fingerprint density at radius 1 is 1.21 bits per heavy atom. The quantitative estimate of drug-likeness (QED) is 0.456. The molecule has 0 amide bonds. The van der Waals surface area contributed by atoms with E-state index in [1.54, 1.807) is 18.4 Å². The first-order valence-electron chi connectivity index (χ1n) is 9.83. The molecule has 0 aliphatic carbocycles. The fraction of sp³-hybridized carbons (Fsp3) is 0.524. The molecule has 2 rings (SSSR count). The van der Waals surface area contributed by atoms with Gasteiger partial charge in [-0.05, 0) is 37.0 Å². The van der Waals surface area contributed by atoms with E-state index in [9.17, 15) is 0 Å². The molecular weight excluding hydrogens is 372 g/mol. The number of ether oxygens (including phenoxy) is 2. The van der Waals surface area contributed by atoms with E-state index in [1.165, 1.54) is 0 Å². The van der Waals surface area contributed by atoms with Crippen molar-refractivity contribution in [2.24, 2.45) is 4.99 Å². The molecule has 0 fully saturated rings. The van der Waals surface area contributed by atoms with Gasteiger partial charge in [0.15, 0.2) is 17.5 Å². The Morgan fingerprint density at radius 3 is 2.68 bits per heavy atom. The van der Waals surface area contributed by atoms with Crippen molar-refractivity contribution in [3.8, 4) is 11.5 Å². The zero-order valence-corrected chi connectivity index (χ0v) is 18.4. The number of aromatic nitrogens is 1. The van der Waals surface area contributed by atoms with Crippen molar-refractivity contribution in [2.75, 3.05) is 20.3 Å². The zero-order chi connectivity index (χ0) is 20.4. The number of rotatable bonds is 10. The molecule has 0 aliphatic heterocycles. The number of nitrogens with zero attached hydrogens (tertiary/aromatic N) is 2. The van der Waals surface area contributed by atoms with Gasteiger partial charge >= 0.3 is 0 Å². The van der Waals surface area contributed by atoms with Gasteiger partial charge in [-0.15, -0.1) is 11.3 Å². The summed E-state index contributed by atoms with van der Waals surface area (Å²) < 4.78 is 11.2. The second-order valence-electron chi connectivity index (χ2n) is 6.70. The van der Waals surface area contributed by atoms with Gasteiger partial charge in [0.25, 0.3) is 0 Å². The largest absolute Gasteiger partial charge is 0.493 e. The van der Waals surface area contributed by atoms with Crippen LogP contribution in [0.5, 0.6) is 11.5 Å². The Hall–Kier alpha value is -2.28. The van der Waals surface area contributed by atoms with Crippen LogP contribution >= 0.6 is 11.3 Å². The van der Waals surface area contributed by atoms with Gasteiger partial charge in [0.1, 0.15) is 5.01 Å². The molecule has 28 heavy (non-hydrogen) atoms. The highest BCUT2D eigenvalue weighted by Gasteiger charge is 2.08. The number of guanidine groups is 1. The number of hydrogen-bond donors (Lipinski definition) is 2. The molecule has 1 aromatic carbocycles. The Bertz CT molecular complexity index is 759. The van der Waals surface area contributed by atoms with E-state index >= 15 is 0 Å². The Balaban J connectivity index is 2.00. The number of nitrogens with one attached hydrogen (secondary N) is 2. The third-order valence-corrected chi connectivity index (χ3v) is 4.89. The summed E-state index contributed by atoms with van der Waals surface area (Å²) in [6, 6.07) is 5.95. The number of hydrogen-bond acceptors (Lipinski definition) is 5. The highest BCUT2D eigenvalue weighted by atomic mass is 32.1. The van der Waals surface area contributed by atoms with Gasteiger partial charge in [-0.2, -0.15) is 0 Å². The predicted molar refractivity (Wildman–Crippen MR) is 117 cm³/mol. The summed E-state index contributed by atoms with van der Waals surface area (Å²) in [7, 11) is 1.66. The predicted octanol–water partition coefficient (Wildman–Crippen LogP) is 4.32. The van der Waals surface area contributed by atoms with Crippen LogP contribution in [0.1, 0.15) is 56.3 Å². The molecule has 0 atom stereocenters. The summed E-state index contributed by atoms with van der Waals surface area (Å²) in [6.45, 7) is 11.1. The van der Waals surface area contributed by atoms with Crippen molar-refractivity contribution in [1.29, 1.82) is 0 Å². The lowest BCUT2D eigenvalue weighted by molar-refractivity contribution is 0.294. The number of aliphatic imine (C=N–C) groups is 1. The van der Waals surface area contributed by atoms with Crippen molar-refractivity contribution in [3.63, 3.8) is 0 Å². The number of thiazole rings is 1. The van der Waals surface area contributed by atoms with Crippen LogP contribution in [0, 0.1) is 0 Å². The summed E-state index contributed by atoms with van der Waals surface area (Å²) in [4.78, 5) is 9.34. The van der Waals surface area contributed by atoms with Crippen molar-refractivity contribution >= 4 is 17.3 Å². The lowest BCUT2D eigenvalue weighted by Gasteiger charge is -2.12. The molecule has 2 aromatic rings. The lowest BCUT2D eigenvalue weighted by atomic mass is 10.2. The van der Waals surface area contributed by atoms with Crippen molar-refractivity contribution in [2.45, 2.75) is 53.1 Å². The van der Waals surface area contributed by atoms with Gasteiger partial charge in [0, 0.05) is 11.9 Å². The van der Waals surface area contributed by atoms with Crippen LogP contribution in [0.2, 0.25) is 0 Å². The average Bonchev–Trinajstić information content (AvgIpc) is 3.18. The van der Waals surface area contributed by atoms with Gasteiger partial charge in [0.2, 0.25) is 0 Å². The van der Waals surface area contributed by atoms with E-state index in [1.807, 2.05) is 18.2 Å². The molecule has 0 radical (unpaired) electrons. The highest BCUT2D eigenvalue weighted by molar-refractivity contribution is 7.09. The second-order valence-corrected chi connectivity index (χ2v) is 7.65. The Labute approximate surface area is 172 Å². The van der Waals surface area contributed by atoms with Gasteiger partial charge in [-0.25, -0.2) is 9.98 Å². The van der Waals surface area contributed by atoms with E-state index in [4.69, 9.17) is 9.47 Å². The molecule has 0 saturated carbocycles. The van der Waals surface area contributed by atoms with E-state index in [0.717, 1.165) is 46.7 Å². The average molecular weight is 405 g/mol. The minimum atomic E-state index is 0.450. The minimum absolute atomic E-state index is 0.450. The molecule has 0 aliphatic rings. The molecule has 1 aromatic heterocycles. The summed E-state index contributed by atoms with van der Waals surface area (Å²) in [5.74, 6) is 2.73. The third-order valence-electron chi connectivity index (χ3n) is 4.02. The van der Waals surface area contributed by atoms with Crippen LogP contribution in [-0.4, -0.2) is 31.2 Å². The third kappa shape index (κ3) is 6.71. The number of benzene rings is 1. The first kappa shape index (κ1) is 22.0. The summed E-state index contributed by atoms with van der Waals surface area (Å²) in [5, 5.41) is 9.83. The normalized spacial score (nSPS) is 11.6. The molecule has 6 nitrogen and oxygen atoms in total. The lowest BCUT2D eigenvalue weighted by Crippen LogP contribution is -2.36. The highest BCUT2D eigenvalue weighted by Crippen LogP contribution is 2.28. The van der Waals surface area contributed by atoms with E-state index in [2.05, 4.69) is 53.7 Å². The maximum Gasteiger partial charge on any atom is 0.191 e. The van der Waals surface area contributed by atoms with Gasteiger partial charge in [0.05, 0.1) is 32.5 Å². The fourth-order valence-corrected chi connectivity index (χ4v) is 3.38. The van der Waals surface area contributed by atoms with Crippen molar-refractivity contribution in [1.82, 2.24) is 15.6 Å². The molecule has 0 spiro atoms. The maximum atomic E-state index is 5.71. The smallest absolute Gasteiger partial charge is 0.191 e. The monoisotopic (exact) mass is 404 g/mol. The van der Waals surface area contributed by atoms with Crippen LogP contribution < -0.4 is 20.1 Å². The van der Waals surface area contributed by atoms with Crippen molar-refractivity contribution in [3.05, 3.63) is 39.8 Å². The minimum Gasteiger partial charge on any atom is -0.493 e. The van der Waals surface area contributed by atoms with Crippen LogP contribution in [0.3, 0.4) is 0 Å². The van der Waals surface area contributed by atoms with E-state index in [0.29, 0.717) is 25.6 Å². The standard InChI is InChI=1S/C21H32N4O2S/c1-6-10-27-18-9-8-16(11-19(18)26-5)12-23-21(22-7-2)24-13-20-25-17(14-28-20)15(3)4/h8-9,11,14-15H,6-7,10,12-13H2,1-5H3,(H2,22,23,24). The topological polar surface area (TPSA) is 67.8 Å². The van der Waals surface area contributed by atoms with Gasteiger partial charge < -0.3 is 20.1 Å².